The number of non-ortho nitro benzene ring substituents is 1. The molecule has 2 aromatic rings. The van der Waals surface area contributed by atoms with Crippen LogP contribution in [0.4, 0.5) is 11.4 Å². The topological polar surface area (TPSA) is 596 Å². The van der Waals surface area contributed by atoms with Crippen LogP contribution >= 0.6 is 0 Å². The van der Waals surface area contributed by atoms with Crippen molar-refractivity contribution in [2.24, 2.45) is 50.1 Å². The summed E-state index contributed by atoms with van der Waals surface area (Å²) in [5, 5.41) is 56.7. The van der Waals surface area contributed by atoms with Gasteiger partial charge in [-0.1, -0.05) is 0 Å². The maximum Gasteiger partial charge on any atom is 0.305 e. The van der Waals surface area contributed by atoms with Gasteiger partial charge in [0, 0.05) is 32.1 Å². The SMILES string of the molecule is C[C@H](N)C(=O)N[C@@H](CCCCN)C(=O)N[C@@H](CCCN=C(N)N)C(=O)N[C@@H](CCCN=C(N)N)C(=O)NCC(=O)N[C@@H](CC(=O)O)C(=O)N[C@@H](CNc1ccc([N+](=O)[O-])c2nonc12)C(=O)N[C@@H](CCC(=O)O)C(N)=O. The number of nitrogens with two attached hydrogens (primary N) is 7. The molecule has 35 heteroatoms. The molecule has 0 fully saturated rings. The van der Waals surface area contributed by atoms with Crippen molar-refractivity contribution in [3.05, 3.63) is 22.2 Å². The zero-order valence-electron chi connectivity index (χ0n) is 41.3. The molecular weight excluding hydrogens is 1010 g/mol. The monoisotopic (exact) mass is 1080 g/mol. The van der Waals surface area contributed by atoms with Gasteiger partial charge in [-0.05, 0) is 81.2 Å². The van der Waals surface area contributed by atoms with Crippen LogP contribution in [-0.4, -0.2) is 172 Å². The normalized spacial score (nSPS) is 13.6. The summed E-state index contributed by atoms with van der Waals surface area (Å²) < 4.78 is 4.63. The van der Waals surface area contributed by atoms with E-state index in [4.69, 9.17) is 45.2 Å². The number of benzene rings is 1. The fraction of sp³-hybridized carbons (Fsp3) is 0.561. The Morgan fingerprint density at radius 3 is 1.66 bits per heavy atom. The molecule has 24 N–H and O–H groups in total. The van der Waals surface area contributed by atoms with Crippen molar-refractivity contribution in [2.75, 3.05) is 38.0 Å². The van der Waals surface area contributed by atoms with Crippen LogP contribution < -0.4 is 82.7 Å². The predicted octanol–water partition coefficient (Wildman–Crippen LogP) is -7.02. The van der Waals surface area contributed by atoms with E-state index in [-0.39, 0.29) is 73.8 Å². The quantitative estimate of drug-likeness (QED) is 0.00991. The van der Waals surface area contributed by atoms with Crippen molar-refractivity contribution in [1.82, 2.24) is 47.5 Å². The fourth-order valence-electron chi connectivity index (χ4n) is 6.74. The minimum Gasteiger partial charge on any atom is -0.481 e. The number of nitro groups is 1. The number of guanidine groups is 2. The van der Waals surface area contributed by atoms with E-state index in [1.807, 2.05) is 0 Å². The zero-order valence-corrected chi connectivity index (χ0v) is 41.3. The number of hydrogen-bond donors (Lipinski definition) is 17. The third-order valence-corrected chi connectivity index (χ3v) is 10.6. The van der Waals surface area contributed by atoms with Crippen LogP contribution in [0.2, 0.25) is 0 Å². The van der Waals surface area contributed by atoms with Crippen LogP contribution in [-0.2, 0) is 47.9 Å². The second-order valence-electron chi connectivity index (χ2n) is 16.8. The standard InChI is InChI=1S/C41H66N20O15/c1-19(43)34(68)55-23(6-2-3-13-42)36(70)57-24(8-5-15-50-41(47)48)37(71)56-22(7-4-14-49-40(45)46)35(69)52-18-28(62)53-25(16-30(65)66)38(72)58-26(39(73)54-21(33(44)67)10-12-29(63)64)17-51-20-9-11-27(61(74)75)32-31(20)59-76-60-32/h9,11,19,21-26,51H,2-8,10,12-18,42-43H2,1H3,(H2,44,67)(H,52,69)(H,53,62)(H,54,73)(H,55,68)(H,56,71)(H,57,70)(H,58,72)(H,63,64)(H,65,66)(H4,45,46,49)(H4,47,48,50)/t19-,21-,22-,23-,24-,25-,26-/m0/s1. The number of carboxylic acids is 2. The molecule has 0 aliphatic heterocycles. The van der Waals surface area contributed by atoms with Crippen LogP contribution in [0, 0.1) is 10.1 Å². The molecule has 0 saturated carbocycles. The lowest BCUT2D eigenvalue weighted by Gasteiger charge is -2.26. The molecule has 7 atom stereocenters. The summed E-state index contributed by atoms with van der Waals surface area (Å²) in [5.74, 6) is -11.7. The number of nitrogens with one attached hydrogen (secondary N) is 8. The lowest BCUT2D eigenvalue weighted by molar-refractivity contribution is -0.383. The fourth-order valence-corrected chi connectivity index (χ4v) is 6.74. The second kappa shape index (κ2) is 32.2. The highest BCUT2D eigenvalue weighted by atomic mass is 16.6. The van der Waals surface area contributed by atoms with Gasteiger partial charge in [-0.2, -0.15) is 0 Å². The molecule has 1 aromatic carbocycles. The molecule has 0 saturated heterocycles. The average molecular weight is 1080 g/mol. The first-order chi connectivity index (χ1) is 35.8. The van der Waals surface area contributed by atoms with E-state index in [1.165, 1.54) is 6.92 Å². The van der Waals surface area contributed by atoms with Gasteiger partial charge in [0.05, 0.1) is 29.6 Å². The van der Waals surface area contributed by atoms with Gasteiger partial charge >= 0.3 is 17.6 Å². The molecule has 0 spiro atoms. The van der Waals surface area contributed by atoms with Gasteiger partial charge in [-0.25, -0.2) is 4.63 Å². The number of fused-ring (bicyclic) bond motifs is 1. The predicted molar refractivity (Wildman–Crippen MR) is 266 cm³/mol. The largest absolute Gasteiger partial charge is 0.481 e. The molecule has 8 amide bonds. The number of aliphatic carboxylic acids is 2. The van der Waals surface area contributed by atoms with E-state index in [2.05, 4.69) is 67.5 Å². The summed E-state index contributed by atoms with van der Waals surface area (Å²) in [7, 11) is 0. The van der Waals surface area contributed by atoms with E-state index in [9.17, 15) is 63.2 Å². The number of unbranched alkanes of at least 4 members (excludes halogenated alkanes) is 1. The highest BCUT2D eigenvalue weighted by Gasteiger charge is 2.33. The smallest absolute Gasteiger partial charge is 0.305 e. The van der Waals surface area contributed by atoms with Gasteiger partial charge in [0.15, 0.2) is 17.4 Å². The molecule has 0 bridgehead atoms. The Morgan fingerprint density at radius 2 is 1.14 bits per heavy atom. The Hall–Kier alpha value is -9.02. The van der Waals surface area contributed by atoms with Crippen molar-refractivity contribution in [1.29, 1.82) is 0 Å². The first kappa shape index (κ1) is 63.1. The molecule has 2 rings (SSSR count). The number of anilines is 1. The van der Waals surface area contributed by atoms with E-state index < -0.39 is 144 Å². The second-order valence-corrected chi connectivity index (χ2v) is 16.8. The summed E-state index contributed by atoms with van der Waals surface area (Å²) >= 11 is 0. The number of aromatic nitrogens is 2. The summed E-state index contributed by atoms with van der Waals surface area (Å²) in [6, 6.07) is -8.22. The number of hydrogen-bond acceptors (Lipinski definition) is 20. The molecule has 1 heterocycles. The number of carboxylic acid groups (broad SMARTS) is 2. The highest BCUT2D eigenvalue weighted by Crippen LogP contribution is 2.28. The molecule has 35 nitrogen and oxygen atoms in total. The van der Waals surface area contributed by atoms with Gasteiger partial charge in [0.25, 0.3) is 0 Å². The minimum atomic E-state index is -1.99. The van der Waals surface area contributed by atoms with E-state index in [1.54, 1.807) is 0 Å². The van der Waals surface area contributed by atoms with Gasteiger partial charge in [-0.3, -0.25) is 68.0 Å². The minimum absolute atomic E-state index is 0.0178. The zero-order chi connectivity index (χ0) is 57.1. The Kier molecular flexibility index (Phi) is 26.8. The van der Waals surface area contributed by atoms with Crippen LogP contribution in [0.3, 0.4) is 0 Å². The van der Waals surface area contributed by atoms with Crippen LogP contribution in [0.25, 0.3) is 11.0 Å². The van der Waals surface area contributed by atoms with E-state index in [0.717, 1.165) is 12.1 Å². The number of carbonyl (C=O) groups is 10. The van der Waals surface area contributed by atoms with Crippen molar-refractivity contribution >= 4 is 93.5 Å². The van der Waals surface area contributed by atoms with Crippen LogP contribution in [0.5, 0.6) is 0 Å². The molecular formula is C41H66N20O15. The number of aliphatic imine (C=N–C) groups is 2. The Morgan fingerprint density at radius 1 is 0.645 bits per heavy atom. The maximum atomic E-state index is 14.0. The number of carbonyl (C=O) groups excluding carboxylic acids is 8. The Labute approximate surface area is 431 Å². The molecule has 76 heavy (non-hydrogen) atoms. The number of nitrogens with zero attached hydrogens (tertiary/aromatic N) is 5. The third kappa shape index (κ3) is 22.8. The van der Waals surface area contributed by atoms with Crippen molar-refractivity contribution in [3.63, 3.8) is 0 Å². The number of nitro benzene ring substituents is 1. The Bertz CT molecular complexity index is 2440. The van der Waals surface area contributed by atoms with Gasteiger partial charge < -0.3 is 92.9 Å². The molecule has 1 aromatic heterocycles. The first-order valence-electron chi connectivity index (χ1n) is 23.4. The highest BCUT2D eigenvalue weighted by molar-refractivity contribution is 5.98. The Balaban J connectivity index is 2.40. The van der Waals surface area contributed by atoms with E-state index >= 15 is 0 Å². The first-order valence-corrected chi connectivity index (χ1v) is 23.4. The number of rotatable bonds is 36. The molecule has 0 radical (unpaired) electrons. The van der Waals surface area contributed by atoms with Crippen molar-refractivity contribution < 1.29 is 67.7 Å². The summed E-state index contributed by atoms with van der Waals surface area (Å²) in [6.45, 7) is 0.0702. The van der Waals surface area contributed by atoms with Gasteiger partial charge in [-0.15, -0.1) is 0 Å². The maximum absolute atomic E-state index is 14.0. The van der Waals surface area contributed by atoms with Gasteiger partial charge in [0.2, 0.25) is 52.8 Å². The lowest BCUT2D eigenvalue weighted by Crippen LogP contribution is -2.59. The van der Waals surface area contributed by atoms with Gasteiger partial charge in [0.1, 0.15) is 36.3 Å². The summed E-state index contributed by atoms with van der Waals surface area (Å²) in [5.41, 5.74) is 37.4. The molecule has 0 aliphatic rings. The molecule has 0 aliphatic carbocycles. The lowest BCUT2D eigenvalue weighted by atomic mass is 10.0. The number of primary amides is 1. The van der Waals surface area contributed by atoms with E-state index in [0.29, 0.717) is 19.4 Å². The molecule has 0 unspecified atom stereocenters. The van der Waals surface area contributed by atoms with Crippen molar-refractivity contribution in [2.45, 2.75) is 113 Å². The van der Waals surface area contributed by atoms with Crippen LogP contribution in [0.1, 0.15) is 71.1 Å². The summed E-state index contributed by atoms with van der Waals surface area (Å²) in [4.78, 5) is 148. The molecule has 420 valence electrons. The van der Waals surface area contributed by atoms with Crippen LogP contribution in [0.15, 0.2) is 26.7 Å². The number of amides is 8. The average Bonchev–Trinajstić information content (AvgIpc) is 3.84. The summed E-state index contributed by atoms with van der Waals surface area (Å²) in [6.07, 6.45) is -1.31. The third-order valence-electron chi connectivity index (χ3n) is 10.6. The van der Waals surface area contributed by atoms with Crippen molar-refractivity contribution in [3.8, 4) is 0 Å².